The molecule has 3 rings (SSSR count). The molecule has 2 N–H and O–H groups in total. The topological polar surface area (TPSA) is 71.1 Å². The molecule has 0 bridgehead atoms. The molecule has 3 aromatic rings. The van der Waals surface area contributed by atoms with Gasteiger partial charge >= 0.3 is 0 Å². The predicted molar refractivity (Wildman–Crippen MR) is 95.9 cm³/mol. The molecule has 0 radical (unpaired) electrons. The van der Waals surface area contributed by atoms with Crippen LogP contribution in [0.1, 0.15) is 20.0 Å². The largest absolute Gasteiger partial charge is 0.322 e. The molecule has 0 fully saturated rings. The molecule has 24 heavy (non-hydrogen) atoms. The molecule has 0 saturated carbocycles. The molecule has 1 aromatic carbocycles. The Hall–Kier alpha value is -2.70. The predicted octanol–water partition coefficient (Wildman–Crippen LogP) is 4.30. The summed E-state index contributed by atoms with van der Waals surface area (Å²) in [5, 5.41) is 5.56. The van der Waals surface area contributed by atoms with Crippen LogP contribution in [-0.4, -0.2) is 16.8 Å². The molecule has 7 heteroatoms. The molecule has 0 aliphatic carbocycles. The van der Waals surface area contributed by atoms with Crippen LogP contribution in [0.2, 0.25) is 4.34 Å². The number of anilines is 2. The number of nitrogens with zero attached hydrogens (tertiary/aromatic N) is 1. The first-order valence-corrected chi connectivity index (χ1v) is 8.19. The van der Waals surface area contributed by atoms with E-state index in [0.717, 1.165) is 0 Å². The van der Waals surface area contributed by atoms with E-state index in [4.69, 9.17) is 11.6 Å². The van der Waals surface area contributed by atoms with E-state index in [0.29, 0.717) is 26.2 Å². The minimum atomic E-state index is -0.246. The molecule has 0 aliphatic heterocycles. The van der Waals surface area contributed by atoms with Gasteiger partial charge in [-0.25, -0.2) is 0 Å². The van der Waals surface area contributed by atoms with Crippen molar-refractivity contribution in [1.29, 1.82) is 0 Å². The molecule has 0 aliphatic rings. The van der Waals surface area contributed by atoms with Gasteiger partial charge in [0, 0.05) is 29.3 Å². The number of carbonyl (C=O) groups excluding carboxylic acids is 2. The molecule has 2 amide bonds. The quantitative estimate of drug-likeness (QED) is 0.731. The fourth-order valence-corrected chi connectivity index (χ4v) is 2.95. The van der Waals surface area contributed by atoms with Gasteiger partial charge < -0.3 is 10.6 Å². The molecule has 2 heterocycles. The maximum absolute atomic E-state index is 12.1. The van der Waals surface area contributed by atoms with Crippen LogP contribution in [0, 0.1) is 0 Å². The number of hydrogen-bond acceptors (Lipinski definition) is 4. The van der Waals surface area contributed by atoms with E-state index >= 15 is 0 Å². The Kier molecular flexibility index (Phi) is 4.88. The third-order valence-corrected chi connectivity index (χ3v) is 4.35. The summed E-state index contributed by atoms with van der Waals surface area (Å²) in [7, 11) is 0. The normalized spacial score (nSPS) is 10.2. The van der Waals surface area contributed by atoms with E-state index in [1.165, 1.54) is 11.3 Å². The van der Waals surface area contributed by atoms with Gasteiger partial charge in [-0.3, -0.25) is 14.6 Å². The zero-order valence-corrected chi connectivity index (χ0v) is 13.9. The van der Waals surface area contributed by atoms with Crippen molar-refractivity contribution in [2.45, 2.75) is 0 Å². The average molecular weight is 358 g/mol. The first-order chi connectivity index (χ1) is 11.6. The number of rotatable bonds is 4. The molecular weight excluding hydrogens is 346 g/mol. The van der Waals surface area contributed by atoms with Crippen LogP contribution in [0.4, 0.5) is 11.4 Å². The number of hydrogen-bond donors (Lipinski definition) is 2. The number of benzene rings is 1. The highest BCUT2D eigenvalue weighted by molar-refractivity contribution is 7.18. The van der Waals surface area contributed by atoms with Gasteiger partial charge in [0.05, 0.1) is 9.21 Å². The van der Waals surface area contributed by atoms with Crippen LogP contribution in [-0.2, 0) is 0 Å². The zero-order chi connectivity index (χ0) is 16.9. The minimum absolute atomic E-state index is 0.245. The standard InChI is InChI=1S/C17H12ClN3O2S/c18-15-5-4-14(24-15)17(23)21-13-3-1-2-12(10-13)20-16(22)11-6-8-19-9-7-11/h1-10H,(H,20,22)(H,21,23). The first kappa shape index (κ1) is 16.2. The van der Waals surface area contributed by atoms with E-state index in [1.807, 2.05) is 0 Å². The fraction of sp³-hybridized carbons (Fsp3) is 0. The number of aromatic nitrogens is 1. The summed E-state index contributed by atoms with van der Waals surface area (Å²) in [6.45, 7) is 0. The van der Waals surface area contributed by atoms with Gasteiger partial charge in [0.2, 0.25) is 0 Å². The van der Waals surface area contributed by atoms with Crippen molar-refractivity contribution in [2.24, 2.45) is 0 Å². The lowest BCUT2D eigenvalue weighted by Gasteiger charge is -2.08. The Balaban J connectivity index is 1.70. The van der Waals surface area contributed by atoms with Gasteiger partial charge in [0.15, 0.2) is 0 Å². The van der Waals surface area contributed by atoms with Crippen LogP contribution < -0.4 is 10.6 Å². The second kappa shape index (κ2) is 7.25. The Morgan fingerprint density at radius 2 is 1.58 bits per heavy atom. The van der Waals surface area contributed by atoms with Gasteiger partial charge in [-0.1, -0.05) is 17.7 Å². The lowest BCUT2D eigenvalue weighted by Crippen LogP contribution is -2.13. The third kappa shape index (κ3) is 3.98. The molecule has 120 valence electrons. The molecule has 0 unspecified atom stereocenters. The number of amides is 2. The second-order valence-electron chi connectivity index (χ2n) is 4.83. The second-order valence-corrected chi connectivity index (χ2v) is 6.54. The lowest BCUT2D eigenvalue weighted by molar-refractivity contribution is 0.102. The Morgan fingerprint density at radius 3 is 2.21 bits per heavy atom. The summed E-state index contributed by atoms with van der Waals surface area (Å²) in [6, 6.07) is 13.5. The van der Waals surface area contributed by atoms with Crippen molar-refractivity contribution in [1.82, 2.24) is 4.98 Å². The van der Waals surface area contributed by atoms with E-state index in [1.54, 1.807) is 60.9 Å². The lowest BCUT2D eigenvalue weighted by atomic mass is 10.2. The van der Waals surface area contributed by atoms with Gasteiger partial charge in [-0.15, -0.1) is 11.3 Å². The average Bonchev–Trinajstić information content (AvgIpc) is 3.02. The summed E-state index contributed by atoms with van der Waals surface area (Å²) < 4.78 is 0.554. The van der Waals surface area contributed by atoms with Crippen LogP contribution in [0.15, 0.2) is 60.9 Å². The summed E-state index contributed by atoms with van der Waals surface area (Å²) in [6.07, 6.45) is 3.11. The van der Waals surface area contributed by atoms with Gasteiger partial charge in [0.25, 0.3) is 11.8 Å². The van der Waals surface area contributed by atoms with Crippen molar-refractivity contribution >= 4 is 46.1 Å². The fourth-order valence-electron chi connectivity index (χ4n) is 2.01. The Morgan fingerprint density at radius 1 is 0.917 bits per heavy atom. The molecule has 5 nitrogen and oxygen atoms in total. The van der Waals surface area contributed by atoms with Crippen molar-refractivity contribution in [2.75, 3.05) is 10.6 Å². The van der Waals surface area contributed by atoms with E-state index in [-0.39, 0.29) is 11.8 Å². The maximum Gasteiger partial charge on any atom is 0.265 e. The number of thiophene rings is 1. The number of nitrogens with one attached hydrogen (secondary N) is 2. The van der Waals surface area contributed by atoms with Crippen LogP contribution in [0.3, 0.4) is 0 Å². The molecule has 2 aromatic heterocycles. The van der Waals surface area contributed by atoms with E-state index in [2.05, 4.69) is 15.6 Å². The Bertz CT molecular complexity index is 880. The zero-order valence-electron chi connectivity index (χ0n) is 12.3. The number of pyridine rings is 1. The van der Waals surface area contributed by atoms with E-state index < -0.39 is 0 Å². The van der Waals surface area contributed by atoms with Gasteiger partial charge in [-0.2, -0.15) is 0 Å². The summed E-state index contributed by atoms with van der Waals surface area (Å²) in [5.41, 5.74) is 1.67. The molecular formula is C17H12ClN3O2S. The highest BCUT2D eigenvalue weighted by Gasteiger charge is 2.10. The molecule has 0 spiro atoms. The highest BCUT2D eigenvalue weighted by Crippen LogP contribution is 2.23. The van der Waals surface area contributed by atoms with Gasteiger partial charge in [0.1, 0.15) is 0 Å². The summed E-state index contributed by atoms with van der Waals surface area (Å²) >= 11 is 7.04. The van der Waals surface area contributed by atoms with Gasteiger partial charge in [-0.05, 0) is 42.5 Å². The number of carbonyl (C=O) groups is 2. The maximum atomic E-state index is 12.1. The summed E-state index contributed by atoms with van der Waals surface area (Å²) in [5.74, 6) is -0.490. The minimum Gasteiger partial charge on any atom is -0.322 e. The summed E-state index contributed by atoms with van der Waals surface area (Å²) in [4.78, 5) is 28.7. The van der Waals surface area contributed by atoms with Crippen molar-refractivity contribution in [3.63, 3.8) is 0 Å². The molecule has 0 atom stereocenters. The molecule has 0 saturated heterocycles. The van der Waals surface area contributed by atoms with Crippen LogP contribution in [0.25, 0.3) is 0 Å². The van der Waals surface area contributed by atoms with Crippen molar-refractivity contribution in [3.05, 3.63) is 75.7 Å². The first-order valence-electron chi connectivity index (χ1n) is 7.00. The van der Waals surface area contributed by atoms with Crippen molar-refractivity contribution < 1.29 is 9.59 Å². The van der Waals surface area contributed by atoms with E-state index in [9.17, 15) is 9.59 Å². The Labute approximate surface area is 147 Å². The highest BCUT2D eigenvalue weighted by atomic mass is 35.5. The monoisotopic (exact) mass is 357 g/mol. The van der Waals surface area contributed by atoms with Crippen LogP contribution in [0.5, 0.6) is 0 Å². The SMILES string of the molecule is O=C(Nc1cccc(NC(=O)c2ccc(Cl)s2)c1)c1ccncc1. The van der Waals surface area contributed by atoms with Crippen LogP contribution >= 0.6 is 22.9 Å². The van der Waals surface area contributed by atoms with Crippen molar-refractivity contribution in [3.8, 4) is 0 Å². The third-order valence-electron chi connectivity index (χ3n) is 3.12. The number of halogens is 1. The smallest absolute Gasteiger partial charge is 0.265 e.